The van der Waals surface area contributed by atoms with Crippen LogP contribution in [0.3, 0.4) is 0 Å². The highest BCUT2D eigenvalue weighted by Gasteiger charge is 2.39. The van der Waals surface area contributed by atoms with E-state index in [9.17, 15) is 8.42 Å². The Kier molecular flexibility index (Phi) is 5.25. The first-order chi connectivity index (χ1) is 14.4. The number of sulfonamides is 1. The second-order valence-electron chi connectivity index (χ2n) is 8.48. The molecule has 3 atom stereocenters. The van der Waals surface area contributed by atoms with Crippen molar-refractivity contribution in [2.24, 2.45) is 5.92 Å². The Morgan fingerprint density at radius 1 is 1.03 bits per heavy atom. The first kappa shape index (κ1) is 20.2. The molecule has 2 aromatic rings. The number of likely N-dealkylation sites (N-methyl/N-ethyl adjacent to an activating group) is 1. The summed E-state index contributed by atoms with van der Waals surface area (Å²) in [5, 5.41) is 3.70. The van der Waals surface area contributed by atoms with E-state index in [-0.39, 0.29) is 12.0 Å². The second-order valence-corrected chi connectivity index (χ2v) is 11.3. The smallest absolute Gasteiger partial charge is 0.243 e. The molecular weight excluding hydrogens is 462 g/mol. The monoisotopic (exact) mass is 487 g/mol. The number of piperazine rings is 1. The number of nitrogens with zero attached hydrogens (tertiary/aromatic N) is 2. The molecule has 7 heteroatoms. The third-order valence-electron chi connectivity index (χ3n) is 6.66. The highest BCUT2D eigenvalue weighted by Crippen LogP contribution is 2.50. The molecule has 0 amide bonds. The summed E-state index contributed by atoms with van der Waals surface area (Å²) in [5.41, 5.74) is 3.39. The zero-order valence-electron chi connectivity index (χ0n) is 17.0. The fourth-order valence-corrected chi connectivity index (χ4v) is 6.63. The average molecular weight is 488 g/mol. The molecule has 0 radical (unpaired) electrons. The number of nitrogens with one attached hydrogen (secondary N) is 1. The van der Waals surface area contributed by atoms with Crippen LogP contribution in [0.15, 0.2) is 64.0 Å². The summed E-state index contributed by atoms with van der Waals surface area (Å²) in [4.78, 5) is 2.58. The van der Waals surface area contributed by atoms with E-state index in [2.05, 4.69) is 62.6 Å². The van der Waals surface area contributed by atoms with Crippen LogP contribution in [0, 0.1) is 5.92 Å². The highest BCUT2D eigenvalue weighted by atomic mass is 79.9. The van der Waals surface area contributed by atoms with Gasteiger partial charge in [0.2, 0.25) is 10.0 Å². The number of rotatable bonds is 3. The lowest BCUT2D eigenvalue weighted by Crippen LogP contribution is -2.47. The molecule has 2 heterocycles. The fraction of sp³-hybridized carbons (Fsp3) is 0.391. The van der Waals surface area contributed by atoms with Crippen LogP contribution in [0.1, 0.15) is 29.5 Å². The van der Waals surface area contributed by atoms with Crippen molar-refractivity contribution in [3.63, 3.8) is 0 Å². The minimum atomic E-state index is -3.47. The van der Waals surface area contributed by atoms with Crippen LogP contribution in [-0.2, 0) is 10.0 Å². The first-order valence-electron chi connectivity index (χ1n) is 10.4. The van der Waals surface area contributed by atoms with E-state index >= 15 is 0 Å². The second kappa shape index (κ2) is 7.79. The maximum Gasteiger partial charge on any atom is 0.243 e. The maximum absolute atomic E-state index is 13.3. The van der Waals surface area contributed by atoms with Gasteiger partial charge in [-0.15, -0.1) is 0 Å². The summed E-state index contributed by atoms with van der Waals surface area (Å²) in [6, 6.07) is 14.3. The molecule has 0 spiro atoms. The summed E-state index contributed by atoms with van der Waals surface area (Å²) in [6.45, 7) is 2.64. The van der Waals surface area contributed by atoms with Crippen molar-refractivity contribution in [3.8, 4) is 0 Å². The summed E-state index contributed by atoms with van der Waals surface area (Å²) < 4.78 is 29.2. The Hall–Kier alpha value is -1.67. The first-order valence-corrected chi connectivity index (χ1v) is 12.7. The van der Waals surface area contributed by atoms with Crippen LogP contribution in [0.5, 0.6) is 0 Å². The number of halogens is 1. The van der Waals surface area contributed by atoms with Gasteiger partial charge in [0.1, 0.15) is 0 Å². The SMILES string of the molecule is CN1CCN(S(=O)(=O)c2ccc3c(c2)C2C=CCC2C(c2ccc(Br)cc2)N3)CC1. The number of benzene rings is 2. The van der Waals surface area contributed by atoms with Crippen molar-refractivity contribution in [2.75, 3.05) is 38.5 Å². The topological polar surface area (TPSA) is 52.7 Å². The zero-order valence-corrected chi connectivity index (χ0v) is 19.4. The number of hydrogen-bond donors (Lipinski definition) is 1. The Morgan fingerprint density at radius 3 is 2.50 bits per heavy atom. The third kappa shape index (κ3) is 3.51. The Labute approximate surface area is 186 Å². The summed E-state index contributed by atoms with van der Waals surface area (Å²) in [5.74, 6) is 0.623. The number of fused-ring (bicyclic) bond motifs is 3. The fourth-order valence-electron chi connectivity index (χ4n) is 4.91. The van der Waals surface area contributed by atoms with Crippen LogP contribution in [-0.4, -0.2) is 50.8 Å². The highest BCUT2D eigenvalue weighted by molar-refractivity contribution is 9.10. The molecule has 1 aliphatic carbocycles. The number of anilines is 1. The van der Waals surface area contributed by atoms with E-state index in [0.717, 1.165) is 35.2 Å². The molecule has 0 aromatic heterocycles. The van der Waals surface area contributed by atoms with Gasteiger partial charge in [0.05, 0.1) is 10.9 Å². The van der Waals surface area contributed by atoms with Gasteiger partial charge >= 0.3 is 0 Å². The van der Waals surface area contributed by atoms with Gasteiger partial charge in [0.15, 0.2) is 0 Å². The maximum atomic E-state index is 13.3. The molecule has 0 saturated carbocycles. The predicted molar refractivity (Wildman–Crippen MR) is 123 cm³/mol. The van der Waals surface area contributed by atoms with Gasteiger partial charge in [-0.3, -0.25) is 0 Å². The molecule has 0 bridgehead atoms. The van der Waals surface area contributed by atoms with Crippen LogP contribution >= 0.6 is 15.9 Å². The van der Waals surface area contributed by atoms with Crippen molar-refractivity contribution < 1.29 is 8.42 Å². The van der Waals surface area contributed by atoms with Gasteiger partial charge in [-0.1, -0.05) is 40.2 Å². The minimum absolute atomic E-state index is 0.214. The molecule has 1 N–H and O–H groups in total. The van der Waals surface area contributed by atoms with Crippen LogP contribution in [0.4, 0.5) is 5.69 Å². The molecule has 158 valence electrons. The lowest BCUT2D eigenvalue weighted by Gasteiger charge is -2.38. The standard InChI is InChI=1S/C23H26BrN3O2S/c1-26-11-13-27(14-12-26)30(28,29)18-9-10-22-21(15-18)19-3-2-4-20(19)23(25-22)16-5-7-17(24)8-6-16/h2-3,5-10,15,19-20,23,25H,4,11-14H2,1H3. The lowest BCUT2D eigenvalue weighted by molar-refractivity contribution is 0.222. The van der Waals surface area contributed by atoms with E-state index in [1.807, 2.05) is 19.2 Å². The molecule has 5 nitrogen and oxygen atoms in total. The van der Waals surface area contributed by atoms with Crippen molar-refractivity contribution in [3.05, 3.63) is 70.2 Å². The van der Waals surface area contributed by atoms with Crippen molar-refractivity contribution >= 4 is 31.6 Å². The van der Waals surface area contributed by atoms with E-state index < -0.39 is 10.0 Å². The Bertz CT molecular complexity index is 1080. The van der Waals surface area contributed by atoms with Crippen molar-refractivity contribution in [1.29, 1.82) is 0 Å². The van der Waals surface area contributed by atoms with Crippen molar-refractivity contribution in [1.82, 2.24) is 9.21 Å². The van der Waals surface area contributed by atoms with Gasteiger partial charge in [-0.25, -0.2) is 8.42 Å². The third-order valence-corrected chi connectivity index (χ3v) is 9.09. The summed E-state index contributed by atoms with van der Waals surface area (Å²) >= 11 is 3.52. The van der Waals surface area contributed by atoms with E-state index in [4.69, 9.17) is 0 Å². The van der Waals surface area contributed by atoms with Gasteiger partial charge in [-0.05, 0) is 60.8 Å². The quantitative estimate of drug-likeness (QED) is 0.658. The molecule has 1 saturated heterocycles. The summed E-state index contributed by atoms with van der Waals surface area (Å²) in [6.07, 6.45) is 5.48. The summed E-state index contributed by atoms with van der Waals surface area (Å²) in [7, 11) is -1.44. The van der Waals surface area contributed by atoms with Crippen LogP contribution in [0.25, 0.3) is 0 Å². The molecule has 3 aliphatic rings. The Morgan fingerprint density at radius 2 is 1.77 bits per heavy atom. The number of allylic oxidation sites excluding steroid dienone is 2. The Balaban J connectivity index is 1.48. The molecule has 2 aromatic carbocycles. The zero-order chi connectivity index (χ0) is 20.9. The lowest BCUT2D eigenvalue weighted by atomic mass is 9.77. The average Bonchev–Trinajstić information content (AvgIpc) is 3.24. The normalized spacial score (nSPS) is 26.8. The minimum Gasteiger partial charge on any atom is -0.378 e. The largest absolute Gasteiger partial charge is 0.378 e. The van der Waals surface area contributed by atoms with Crippen LogP contribution in [0.2, 0.25) is 0 Å². The molecule has 5 rings (SSSR count). The van der Waals surface area contributed by atoms with E-state index in [0.29, 0.717) is 23.9 Å². The number of hydrogen-bond acceptors (Lipinski definition) is 4. The van der Waals surface area contributed by atoms with E-state index in [1.54, 1.807) is 10.4 Å². The molecular formula is C23H26BrN3O2S. The van der Waals surface area contributed by atoms with Gasteiger partial charge in [-0.2, -0.15) is 4.31 Å². The molecule has 30 heavy (non-hydrogen) atoms. The predicted octanol–water partition coefficient (Wildman–Crippen LogP) is 4.21. The molecule has 3 unspecified atom stereocenters. The molecule has 2 aliphatic heterocycles. The van der Waals surface area contributed by atoms with Gasteiger partial charge in [0, 0.05) is 42.3 Å². The van der Waals surface area contributed by atoms with E-state index in [1.165, 1.54) is 5.56 Å². The molecule has 1 fully saturated rings. The van der Waals surface area contributed by atoms with Gasteiger partial charge < -0.3 is 10.2 Å². The van der Waals surface area contributed by atoms with Gasteiger partial charge in [0.25, 0.3) is 0 Å². The van der Waals surface area contributed by atoms with Crippen LogP contribution < -0.4 is 5.32 Å². The van der Waals surface area contributed by atoms with Crippen molar-refractivity contribution in [2.45, 2.75) is 23.3 Å².